The molecule has 0 bridgehead atoms. The summed E-state index contributed by atoms with van der Waals surface area (Å²) >= 11 is 1.76. The van der Waals surface area contributed by atoms with Gasteiger partial charge in [-0.1, -0.05) is 76.0 Å². The maximum Gasteiger partial charge on any atom is 0.410 e. The summed E-state index contributed by atoms with van der Waals surface area (Å²) < 4.78 is 26.7. The average molecular weight is 793 g/mol. The van der Waals surface area contributed by atoms with E-state index in [1.54, 1.807) is 29.8 Å². The molecule has 1 aliphatic heterocycles. The molecule has 6 unspecified atom stereocenters. The number of rotatable bonds is 21. The second-order valence-electron chi connectivity index (χ2n) is 16.3. The highest BCUT2D eigenvalue weighted by Crippen LogP contribution is 2.62. The molecule has 0 radical (unpaired) electrons. The van der Waals surface area contributed by atoms with Crippen molar-refractivity contribution in [2.24, 2.45) is 28.3 Å². The highest BCUT2D eigenvalue weighted by Gasteiger charge is 2.65. The van der Waals surface area contributed by atoms with E-state index in [0.717, 1.165) is 54.0 Å². The van der Waals surface area contributed by atoms with Crippen LogP contribution in [0.1, 0.15) is 90.5 Å². The van der Waals surface area contributed by atoms with Gasteiger partial charge in [0.2, 0.25) is 5.79 Å². The normalized spacial score (nSPS) is 24.7. The highest BCUT2D eigenvalue weighted by molar-refractivity contribution is 7.99. The van der Waals surface area contributed by atoms with Gasteiger partial charge in [-0.15, -0.1) is 18.3 Å². The van der Waals surface area contributed by atoms with Crippen LogP contribution < -0.4 is 9.47 Å². The van der Waals surface area contributed by atoms with Crippen molar-refractivity contribution < 1.29 is 38.8 Å². The van der Waals surface area contributed by atoms with Crippen molar-refractivity contribution in [2.75, 3.05) is 52.4 Å². The van der Waals surface area contributed by atoms with Crippen LogP contribution in [0.15, 0.2) is 82.9 Å². The molecule has 0 spiro atoms. The van der Waals surface area contributed by atoms with Crippen LogP contribution >= 0.6 is 11.8 Å². The fourth-order valence-corrected chi connectivity index (χ4v) is 9.41. The molecule has 10 nitrogen and oxygen atoms in total. The Morgan fingerprint density at radius 1 is 1.09 bits per heavy atom. The summed E-state index contributed by atoms with van der Waals surface area (Å²) in [5.74, 6) is 0.704. The lowest BCUT2D eigenvalue weighted by atomic mass is 9.55. The van der Waals surface area contributed by atoms with Gasteiger partial charge in [-0.05, 0) is 85.3 Å². The maximum absolute atomic E-state index is 14.2. The number of fused-ring (bicyclic) bond motifs is 2. The van der Waals surface area contributed by atoms with E-state index < -0.39 is 17.9 Å². The molecule has 0 aromatic heterocycles. The van der Waals surface area contributed by atoms with Gasteiger partial charge in [-0.2, -0.15) is 0 Å². The van der Waals surface area contributed by atoms with E-state index in [4.69, 9.17) is 23.8 Å². The Balaban J connectivity index is 1.66. The van der Waals surface area contributed by atoms with Crippen LogP contribution in [0.3, 0.4) is 0 Å². The van der Waals surface area contributed by atoms with Crippen molar-refractivity contribution in [2.45, 2.75) is 102 Å². The largest absolute Gasteiger partial charge is 0.493 e. The summed E-state index contributed by atoms with van der Waals surface area (Å²) in [5.41, 5.74) is 2.56. The maximum atomic E-state index is 14.2. The zero-order chi connectivity index (χ0) is 40.1. The number of ether oxygens (including phenoxy) is 4. The molecule has 1 fully saturated rings. The quantitative estimate of drug-likeness (QED) is 0.0553. The molecule has 0 saturated heterocycles. The zero-order valence-corrected chi connectivity index (χ0v) is 34.9. The third-order valence-electron chi connectivity index (χ3n) is 10.9. The SMILES string of the molecule is C=CCOC12Oc3ccc(OCCSc4ccccc4)cc3C3C(CCCCO)C(CCCCO)C=C(C(=NOC)CC1N(CCC)C(=O)OCC(C)(C)C)C32. The minimum atomic E-state index is -1.32. The summed E-state index contributed by atoms with van der Waals surface area (Å²) in [4.78, 5) is 22.8. The van der Waals surface area contributed by atoms with Gasteiger partial charge < -0.3 is 34.0 Å². The molecule has 1 amide bonds. The minimum Gasteiger partial charge on any atom is -0.493 e. The van der Waals surface area contributed by atoms with E-state index in [2.05, 4.69) is 36.0 Å². The van der Waals surface area contributed by atoms with Crippen molar-refractivity contribution >= 4 is 23.6 Å². The van der Waals surface area contributed by atoms with Gasteiger partial charge in [0.05, 0.1) is 31.5 Å². The Labute approximate surface area is 338 Å². The van der Waals surface area contributed by atoms with Crippen LogP contribution in [0.25, 0.3) is 0 Å². The summed E-state index contributed by atoms with van der Waals surface area (Å²) in [6.45, 7) is 13.9. The van der Waals surface area contributed by atoms with Gasteiger partial charge in [0.25, 0.3) is 0 Å². The van der Waals surface area contributed by atoms with Crippen molar-refractivity contribution in [3.8, 4) is 11.5 Å². The van der Waals surface area contributed by atoms with Gasteiger partial charge in [0.15, 0.2) is 0 Å². The fourth-order valence-electron chi connectivity index (χ4n) is 8.66. The molecule has 56 heavy (non-hydrogen) atoms. The number of aliphatic hydroxyl groups excluding tert-OH is 2. The number of unbranched alkanes of at least 4 members (excludes halogenated alkanes) is 2. The molecule has 1 saturated carbocycles. The Morgan fingerprint density at radius 3 is 2.52 bits per heavy atom. The molecular formula is C45H64N2O8S. The lowest BCUT2D eigenvalue weighted by Gasteiger charge is -2.60. The van der Waals surface area contributed by atoms with E-state index in [1.807, 2.05) is 58.0 Å². The van der Waals surface area contributed by atoms with Crippen molar-refractivity contribution in [1.29, 1.82) is 0 Å². The van der Waals surface area contributed by atoms with Crippen molar-refractivity contribution in [1.82, 2.24) is 4.90 Å². The predicted molar refractivity (Wildman–Crippen MR) is 222 cm³/mol. The number of carbonyl (C=O) groups is 1. The fraction of sp³-hybridized carbons (Fsp3) is 0.600. The number of allylic oxidation sites excluding steroid dienone is 1. The second-order valence-corrected chi connectivity index (χ2v) is 17.4. The van der Waals surface area contributed by atoms with Crippen molar-refractivity contribution in [3.63, 3.8) is 0 Å². The molecule has 2 N–H and O–H groups in total. The first-order valence-electron chi connectivity index (χ1n) is 20.5. The minimum absolute atomic E-state index is 0.123. The van der Waals surface area contributed by atoms with Crippen LogP contribution in [0.2, 0.25) is 0 Å². The molecule has 11 heteroatoms. The molecule has 6 atom stereocenters. The van der Waals surface area contributed by atoms with Crippen LogP contribution in [-0.4, -0.2) is 91.2 Å². The Bertz CT molecular complexity index is 1630. The Morgan fingerprint density at radius 2 is 1.84 bits per heavy atom. The highest BCUT2D eigenvalue weighted by atomic mass is 32.2. The van der Waals surface area contributed by atoms with E-state index in [9.17, 15) is 15.0 Å². The molecule has 2 aliphatic carbocycles. The van der Waals surface area contributed by atoms with Gasteiger partial charge in [-0.25, -0.2) is 4.79 Å². The third kappa shape index (κ3) is 10.5. The number of oxime groups is 1. The summed E-state index contributed by atoms with van der Waals surface area (Å²) in [5, 5.41) is 24.3. The van der Waals surface area contributed by atoms with Crippen LogP contribution in [0.5, 0.6) is 11.5 Å². The van der Waals surface area contributed by atoms with Crippen molar-refractivity contribution in [3.05, 3.63) is 78.4 Å². The summed E-state index contributed by atoms with van der Waals surface area (Å²) in [7, 11) is 1.56. The molecule has 3 aliphatic rings. The summed E-state index contributed by atoms with van der Waals surface area (Å²) in [6, 6.07) is 15.8. The van der Waals surface area contributed by atoms with Crippen LogP contribution in [0.4, 0.5) is 4.79 Å². The summed E-state index contributed by atoms with van der Waals surface area (Å²) in [6.07, 6.45) is 9.55. The number of amides is 1. The molecule has 5 rings (SSSR count). The Hall–Kier alpha value is -3.51. The standard InChI is InChI=1S/C45H64N2O8S/c1-7-22-47(43(50)53-31-44(3,4)5)40-30-38(46-51-6)36-28-32(16-12-14-23-48)35(19-13-15-24-49)41-37-29-33(52-26-27-56-34-17-10-9-11-18-34)20-21-39(37)55-45(40,42(36)41)54-25-8-2/h8-11,17-18,20-21,28-29,32,35,40-42,48-49H,2,7,12-16,19,22-27,30-31H2,1,3-6H3. The number of nitrogens with zero attached hydrogens (tertiary/aromatic N) is 2. The number of hydrogen-bond acceptors (Lipinski definition) is 10. The zero-order valence-electron chi connectivity index (χ0n) is 34.1. The van der Waals surface area contributed by atoms with E-state index in [-0.39, 0.29) is 55.5 Å². The smallest absolute Gasteiger partial charge is 0.410 e. The third-order valence-corrected chi connectivity index (χ3v) is 11.9. The number of thioether (sulfide) groups is 1. The van der Waals surface area contributed by atoms with E-state index >= 15 is 0 Å². The first kappa shape index (κ1) is 43.6. The monoisotopic (exact) mass is 792 g/mol. The molecule has 1 heterocycles. The average Bonchev–Trinajstić information content (AvgIpc) is 3.19. The first-order chi connectivity index (χ1) is 27.1. The van der Waals surface area contributed by atoms with Gasteiger partial charge in [-0.3, -0.25) is 4.90 Å². The first-order valence-corrected chi connectivity index (χ1v) is 21.4. The topological polar surface area (TPSA) is 119 Å². The lowest BCUT2D eigenvalue weighted by Crippen LogP contribution is -2.70. The lowest BCUT2D eigenvalue weighted by molar-refractivity contribution is -0.255. The van der Waals surface area contributed by atoms with E-state index in [1.165, 1.54) is 4.90 Å². The number of benzene rings is 2. The number of aliphatic hydroxyl groups is 2. The number of carbonyl (C=O) groups excluding carboxylic acids is 1. The second kappa shape index (κ2) is 20.8. The predicted octanol–water partition coefficient (Wildman–Crippen LogP) is 9.02. The molecule has 2 aromatic carbocycles. The van der Waals surface area contributed by atoms with Crippen LogP contribution in [-0.2, 0) is 14.3 Å². The number of hydrogen-bond donors (Lipinski definition) is 2. The van der Waals surface area contributed by atoms with Gasteiger partial charge in [0.1, 0.15) is 24.7 Å². The van der Waals surface area contributed by atoms with Gasteiger partial charge >= 0.3 is 6.09 Å². The van der Waals surface area contributed by atoms with Gasteiger partial charge in [0, 0.05) is 48.3 Å². The van der Waals surface area contributed by atoms with Crippen LogP contribution in [0, 0.1) is 23.2 Å². The molecule has 2 aromatic rings. The Kier molecular flexibility index (Phi) is 16.2. The molecular weight excluding hydrogens is 729 g/mol. The van der Waals surface area contributed by atoms with E-state index in [0.29, 0.717) is 44.6 Å². The molecule has 308 valence electrons.